The highest BCUT2D eigenvalue weighted by Crippen LogP contribution is 2.06. The molecule has 1 unspecified atom stereocenters. The minimum Gasteiger partial charge on any atom is -0.445 e. The van der Waals surface area contributed by atoms with E-state index in [0.29, 0.717) is 5.92 Å². The highest BCUT2D eigenvalue weighted by atomic mass is 16.5. The highest BCUT2D eigenvalue weighted by Gasteiger charge is 2.15. The van der Waals surface area contributed by atoms with Crippen LogP contribution >= 0.6 is 0 Å². The van der Waals surface area contributed by atoms with E-state index in [1.165, 1.54) is 0 Å². The van der Waals surface area contributed by atoms with Crippen LogP contribution in [0.3, 0.4) is 0 Å². The molecule has 0 aromatic heterocycles. The predicted molar refractivity (Wildman–Crippen MR) is 83.0 cm³/mol. The molecule has 1 aromatic rings. The minimum absolute atomic E-state index is 0.157. The number of ether oxygens (including phenoxy) is 2. The summed E-state index contributed by atoms with van der Waals surface area (Å²) in [7, 11) is 0. The predicted octanol–water partition coefficient (Wildman–Crippen LogP) is 1.83. The molecule has 6 heteroatoms. The zero-order valence-corrected chi connectivity index (χ0v) is 13.1. The van der Waals surface area contributed by atoms with Gasteiger partial charge in [-0.25, -0.2) is 4.79 Å². The summed E-state index contributed by atoms with van der Waals surface area (Å²) < 4.78 is 10.3. The molecule has 0 aliphatic heterocycles. The van der Waals surface area contributed by atoms with Crippen LogP contribution in [0.5, 0.6) is 0 Å². The van der Waals surface area contributed by atoms with Gasteiger partial charge in [-0.1, -0.05) is 44.2 Å². The molecule has 0 bridgehead atoms. The first-order valence-electron chi connectivity index (χ1n) is 7.30. The second-order valence-corrected chi connectivity index (χ2v) is 5.51. The number of nitrogens with two attached hydrogens (primary N) is 1. The minimum atomic E-state index is -0.532. The van der Waals surface area contributed by atoms with Gasteiger partial charge in [0.05, 0.1) is 12.6 Å². The molecular formula is C16H24N2O4. The lowest BCUT2D eigenvalue weighted by Crippen LogP contribution is -2.40. The van der Waals surface area contributed by atoms with E-state index < -0.39 is 12.0 Å². The summed E-state index contributed by atoms with van der Waals surface area (Å²) in [5, 5.41) is 2.75. The van der Waals surface area contributed by atoms with Crippen molar-refractivity contribution in [3.8, 4) is 0 Å². The van der Waals surface area contributed by atoms with Gasteiger partial charge in [-0.2, -0.15) is 0 Å². The number of alkyl carbamates (subject to hydrolysis) is 1. The SMILES string of the molecule is CC(C)CC(COCC(N)=O)NC(=O)OCc1ccccc1. The molecule has 0 saturated heterocycles. The van der Waals surface area contributed by atoms with Gasteiger partial charge in [0.2, 0.25) is 5.91 Å². The number of primary amides is 1. The summed E-state index contributed by atoms with van der Waals surface area (Å²) in [6, 6.07) is 9.22. The highest BCUT2D eigenvalue weighted by molar-refractivity contribution is 5.75. The number of hydrogen-bond donors (Lipinski definition) is 2. The van der Waals surface area contributed by atoms with Crippen LogP contribution in [0.15, 0.2) is 30.3 Å². The maximum atomic E-state index is 11.8. The van der Waals surface area contributed by atoms with E-state index in [-0.39, 0.29) is 25.9 Å². The third-order valence-electron chi connectivity index (χ3n) is 2.85. The number of carbonyl (C=O) groups is 2. The van der Waals surface area contributed by atoms with Crippen molar-refractivity contribution in [3.05, 3.63) is 35.9 Å². The molecule has 0 heterocycles. The fourth-order valence-corrected chi connectivity index (χ4v) is 1.97. The van der Waals surface area contributed by atoms with Crippen LogP contribution in [-0.4, -0.2) is 31.3 Å². The van der Waals surface area contributed by atoms with E-state index in [9.17, 15) is 9.59 Å². The molecule has 6 nitrogen and oxygen atoms in total. The largest absolute Gasteiger partial charge is 0.445 e. The van der Waals surface area contributed by atoms with E-state index >= 15 is 0 Å². The van der Waals surface area contributed by atoms with Crippen LogP contribution in [0.4, 0.5) is 4.79 Å². The molecule has 3 N–H and O–H groups in total. The van der Waals surface area contributed by atoms with Crippen molar-refractivity contribution < 1.29 is 19.1 Å². The number of benzene rings is 1. The van der Waals surface area contributed by atoms with Crippen molar-refractivity contribution in [3.63, 3.8) is 0 Å². The Hall–Kier alpha value is -2.08. The Morgan fingerprint density at radius 2 is 1.91 bits per heavy atom. The maximum absolute atomic E-state index is 11.8. The Bertz CT molecular complexity index is 462. The van der Waals surface area contributed by atoms with Crippen LogP contribution in [0.25, 0.3) is 0 Å². The third kappa shape index (κ3) is 8.26. The lowest BCUT2D eigenvalue weighted by molar-refractivity contribution is -0.122. The van der Waals surface area contributed by atoms with Gasteiger partial charge in [-0.3, -0.25) is 4.79 Å². The molecule has 0 aliphatic carbocycles. The molecule has 0 fully saturated rings. The van der Waals surface area contributed by atoms with Crippen molar-refractivity contribution in [1.29, 1.82) is 0 Å². The quantitative estimate of drug-likeness (QED) is 0.728. The second-order valence-electron chi connectivity index (χ2n) is 5.51. The monoisotopic (exact) mass is 308 g/mol. The van der Waals surface area contributed by atoms with Crippen molar-refractivity contribution in [2.75, 3.05) is 13.2 Å². The van der Waals surface area contributed by atoms with Gasteiger partial charge in [0.25, 0.3) is 0 Å². The lowest BCUT2D eigenvalue weighted by Gasteiger charge is -2.20. The van der Waals surface area contributed by atoms with E-state index in [0.717, 1.165) is 12.0 Å². The Balaban J connectivity index is 2.38. The summed E-state index contributed by atoms with van der Waals surface area (Å²) in [6.45, 7) is 4.36. The van der Waals surface area contributed by atoms with Crippen molar-refractivity contribution in [2.45, 2.75) is 32.9 Å². The topological polar surface area (TPSA) is 90.6 Å². The third-order valence-corrected chi connectivity index (χ3v) is 2.85. The van der Waals surface area contributed by atoms with Crippen molar-refractivity contribution >= 4 is 12.0 Å². The summed E-state index contributed by atoms with van der Waals surface area (Å²) in [5.74, 6) is -0.161. The molecule has 0 saturated carbocycles. The fourth-order valence-electron chi connectivity index (χ4n) is 1.97. The van der Waals surface area contributed by atoms with Gasteiger partial charge in [-0.15, -0.1) is 0 Å². The zero-order valence-electron chi connectivity index (χ0n) is 13.1. The molecule has 0 radical (unpaired) electrons. The molecule has 1 atom stereocenters. The van der Waals surface area contributed by atoms with Crippen LogP contribution < -0.4 is 11.1 Å². The molecule has 22 heavy (non-hydrogen) atoms. The zero-order chi connectivity index (χ0) is 16.4. The molecule has 1 rings (SSSR count). The Morgan fingerprint density at radius 1 is 1.23 bits per heavy atom. The molecule has 0 spiro atoms. The summed E-state index contributed by atoms with van der Waals surface area (Å²) in [5.41, 5.74) is 5.94. The summed E-state index contributed by atoms with van der Waals surface area (Å²) in [4.78, 5) is 22.5. The van der Waals surface area contributed by atoms with E-state index in [1.54, 1.807) is 0 Å². The van der Waals surface area contributed by atoms with Crippen molar-refractivity contribution in [2.24, 2.45) is 11.7 Å². The van der Waals surface area contributed by atoms with Gasteiger partial charge in [0.1, 0.15) is 13.2 Å². The summed E-state index contributed by atoms with van der Waals surface area (Å²) >= 11 is 0. The number of carbonyl (C=O) groups excluding carboxylic acids is 2. The van der Waals surface area contributed by atoms with Crippen molar-refractivity contribution in [1.82, 2.24) is 5.32 Å². The first-order valence-corrected chi connectivity index (χ1v) is 7.30. The van der Waals surface area contributed by atoms with Gasteiger partial charge < -0.3 is 20.5 Å². The Morgan fingerprint density at radius 3 is 2.50 bits per heavy atom. The van der Waals surface area contributed by atoms with Crippen LogP contribution in [0.1, 0.15) is 25.8 Å². The number of hydrogen-bond acceptors (Lipinski definition) is 4. The van der Waals surface area contributed by atoms with Crippen LogP contribution in [0.2, 0.25) is 0 Å². The number of amides is 2. The van der Waals surface area contributed by atoms with Crippen LogP contribution in [0, 0.1) is 5.92 Å². The van der Waals surface area contributed by atoms with Gasteiger partial charge in [-0.05, 0) is 17.9 Å². The first kappa shape index (κ1) is 18.0. The van der Waals surface area contributed by atoms with E-state index in [1.807, 2.05) is 44.2 Å². The van der Waals surface area contributed by atoms with Gasteiger partial charge in [0, 0.05) is 0 Å². The number of rotatable bonds is 9. The van der Waals surface area contributed by atoms with Gasteiger partial charge in [0.15, 0.2) is 0 Å². The average molecular weight is 308 g/mol. The van der Waals surface area contributed by atoms with Gasteiger partial charge >= 0.3 is 6.09 Å². The number of nitrogens with one attached hydrogen (secondary N) is 1. The Kier molecular flexibility index (Phi) is 7.99. The Labute approximate surface area is 131 Å². The maximum Gasteiger partial charge on any atom is 0.407 e. The van der Waals surface area contributed by atoms with E-state index in [2.05, 4.69) is 5.32 Å². The fraction of sp³-hybridized carbons (Fsp3) is 0.500. The second kappa shape index (κ2) is 9.78. The van der Waals surface area contributed by atoms with E-state index in [4.69, 9.17) is 15.2 Å². The molecule has 1 aromatic carbocycles. The summed E-state index contributed by atoms with van der Waals surface area (Å²) in [6.07, 6.45) is 0.219. The average Bonchev–Trinajstić information content (AvgIpc) is 2.45. The smallest absolute Gasteiger partial charge is 0.407 e. The molecule has 0 aliphatic rings. The lowest BCUT2D eigenvalue weighted by atomic mass is 10.0. The molecular weight excluding hydrogens is 284 g/mol. The normalized spacial score (nSPS) is 12.0. The molecule has 2 amide bonds. The first-order chi connectivity index (χ1) is 10.5. The van der Waals surface area contributed by atoms with Crippen LogP contribution in [-0.2, 0) is 20.9 Å². The standard InChI is InChI=1S/C16H24N2O4/c1-12(2)8-14(10-21-11-15(17)19)18-16(20)22-9-13-6-4-3-5-7-13/h3-7,12,14H,8-11H2,1-2H3,(H2,17,19)(H,18,20). The molecule has 122 valence electrons.